The molecule has 3 aromatic rings. The van der Waals surface area contributed by atoms with E-state index in [9.17, 15) is 0 Å². The van der Waals surface area contributed by atoms with Gasteiger partial charge in [0.25, 0.3) is 0 Å². The molecule has 1 aromatic carbocycles. The highest BCUT2D eigenvalue weighted by molar-refractivity contribution is 5.55. The van der Waals surface area contributed by atoms with Crippen LogP contribution in [0.25, 0.3) is 11.3 Å². The summed E-state index contributed by atoms with van der Waals surface area (Å²) in [4.78, 5) is 4.30. The van der Waals surface area contributed by atoms with Crippen molar-refractivity contribution >= 4 is 0 Å². The van der Waals surface area contributed by atoms with Crippen LogP contribution < -0.4 is 0 Å². The Morgan fingerprint density at radius 3 is 3.05 bits per heavy atom. The predicted octanol–water partition coefficient (Wildman–Crippen LogP) is 3.66. The lowest BCUT2D eigenvalue weighted by atomic mass is 9.96. The highest BCUT2D eigenvalue weighted by atomic mass is 16.5. The first kappa shape index (κ1) is 13.3. The van der Waals surface area contributed by atoms with Gasteiger partial charge in [0.05, 0.1) is 24.2 Å². The fourth-order valence-corrected chi connectivity index (χ4v) is 2.87. The Hall–Kier alpha value is -2.40. The van der Waals surface area contributed by atoms with Crippen LogP contribution in [0.15, 0.2) is 47.1 Å². The van der Waals surface area contributed by atoms with E-state index in [-0.39, 0.29) is 6.10 Å². The van der Waals surface area contributed by atoms with Gasteiger partial charge >= 0.3 is 0 Å². The van der Waals surface area contributed by atoms with Gasteiger partial charge in [-0.2, -0.15) is 5.10 Å². The third kappa shape index (κ3) is 2.55. The van der Waals surface area contributed by atoms with Gasteiger partial charge in [-0.25, -0.2) is 4.98 Å². The van der Waals surface area contributed by atoms with Gasteiger partial charge in [-0.05, 0) is 24.8 Å². The van der Waals surface area contributed by atoms with Crippen molar-refractivity contribution in [3.63, 3.8) is 0 Å². The number of hydrogen-bond acceptors (Lipinski definition) is 4. The first-order valence-corrected chi connectivity index (χ1v) is 7.54. The molecule has 1 aliphatic rings. The molecule has 0 fully saturated rings. The monoisotopic (exact) mass is 295 g/mol. The molecule has 5 heteroatoms. The molecule has 0 bridgehead atoms. The van der Waals surface area contributed by atoms with Crippen molar-refractivity contribution < 1.29 is 9.15 Å². The summed E-state index contributed by atoms with van der Waals surface area (Å²) in [7, 11) is 0. The van der Waals surface area contributed by atoms with E-state index in [1.807, 2.05) is 36.5 Å². The minimum atomic E-state index is 0.0540. The number of hydrogen-bond donors (Lipinski definition) is 1. The normalized spacial score (nSPS) is 17.4. The first-order valence-electron chi connectivity index (χ1n) is 7.54. The van der Waals surface area contributed by atoms with Gasteiger partial charge in [-0.1, -0.05) is 30.3 Å². The molecule has 22 heavy (non-hydrogen) atoms. The van der Waals surface area contributed by atoms with Crippen molar-refractivity contribution in [2.24, 2.45) is 0 Å². The Labute approximate surface area is 128 Å². The summed E-state index contributed by atoms with van der Waals surface area (Å²) in [6.45, 7) is 0.371. The number of benzene rings is 1. The van der Waals surface area contributed by atoms with Crippen molar-refractivity contribution in [1.82, 2.24) is 15.2 Å². The summed E-state index contributed by atoms with van der Waals surface area (Å²) in [6, 6.07) is 9.95. The lowest BCUT2D eigenvalue weighted by molar-refractivity contribution is 0.0146. The third-order valence-corrected chi connectivity index (χ3v) is 4.01. The Morgan fingerprint density at radius 2 is 2.14 bits per heavy atom. The minimum absolute atomic E-state index is 0.0540. The van der Waals surface area contributed by atoms with Crippen molar-refractivity contribution in [2.75, 3.05) is 0 Å². The van der Waals surface area contributed by atoms with Crippen molar-refractivity contribution in [1.29, 1.82) is 0 Å². The first-order chi connectivity index (χ1) is 10.9. The van der Waals surface area contributed by atoms with Crippen molar-refractivity contribution in [2.45, 2.75) is 32.0 Å². The van der Waals surface area contributed by atoms with Crippen LogP contribution >= 0.6 is 0 Å². The predicted molar refractivity (Wildman–Crippen MR) is 81.0 cm³/mol. The smallest absolute Gasteiger partial charge is 0.220 e. The lowest BCUT2D eigenvalue weighted by Crippen LogP contribution is -2.12. The number of nitrogens with one attached hydrogen (secondary N) is 1. The molecule has 1 aliphatic carbocycles. The van der Waals surface area contributed by atoms with E-state index in [4.69, 9.17) is 9.15 Å². The molecule has 2 heterocycles. The molecule has 2 aromatic heterocycles. The second-order valence-corrected chi connectivity index (χ2v) is 5.49. The molecule has 0 aliphatic heterocycles. The van der Waals surface area contributed by atoms with E-state index in [0.717, 1.165) is 36.3 Å². The van der Waals surface area contributed by atoms with Crippen LogP contribution in [-0.2, 0) is 17.8 Å². The molecule has 4 rings (SSSR count). The van der Waals surface area contributed by atoms with Gasteiger partial charge in [0.2, 0.25) is 5.89 Å². The van der Waals surface area contributed by atoms with Crippen LogP contribution in [0.5, 0.6) is 0 Å². The summed E-state index contributed by atoms with van der Waals surface area (Å²) < 4.78 is 11.7. The van der Waals surface area contributed by atoms with Crippen LogP contribution in [0, 0.1) is 0 Å². The topological polar surface area (TPSA) is 63.9 Å². The SMILES string of the molecule is c1ccc(-c2cnc(COC3CCCc4cn[nH]c43)o2)cc1. The summed E-state index contributed by atoms with van der Waals surface area (Å²) in [5, 5.41) is 7.16. The third-order valence-electron chi connectivity index (χ3n) is 4.01. The van der Waals surface area contributed by atoms with Crippen molar-refractivity contribution in [3.8, 4) is 11.3 Å². The van der Waals surface area contributed by atoms with Crippen LogP contribution in [0.2, 0.25) is 0 Å². The number of aryl methyl sites for hydroxylation is 1. The van der Waals surface area contributed by atoms with Crippen LogP contribution in [0.4, 0.5) is 0 Å². The lowest BCUT2D eigenvalue weighted by Gasteiger charge is -2.21. The van der Waals surface area contributed by atoms with Crippen LogP contribution in [0.1, 0.15) is 36.1 Å². The van der Waals surface area contributed by atoms with Gasteiger partial charge < -0.3 is 9.15 Å². The molecular weight excluding hydrogens is 278 g/mol. The zero-order valence-corrected chi connectivity index (χ0v) is 12.2. The summed E-state index contributed by atoms with van der Waals surface area (Å²) in [5.41, 5.74) is 3.38. The number of ether oxygens (including phenoxy) is 1. The van der Waals surface area contributed by atoms with E-state index in [1.165, 1.54) is 5.56 Å². The summed E-state index contributed by atoms with van der Waals surface area (Å²) in [5.74, 6) is 1.37. The van der Waals surface area contributed by atoms with Crippen molar-refractivity contribution in [3.05, 3.63) is 59.9 Å². The van der Waals surface area contributed by atoms with Gasteiger partial charge in [-0.3, -0.25) is 5.10 Å². The number of fused-ring (bicyclic) bond motifs is 1. The number of aromatic amines is 1. The fourth-order valence-electron chi connectivity index (χ4n) is 2.87. The molecule has 1 unspecified atom stereocenters. The maximum Gasteiger partial charge on any atom is 0.220 e. The maximum absolute atomic E-state index is 5.98. The van der Waals surface area contributed by atoms with Gasteiger partial charge in [-0.15, -0.1) is 0 Å². The molecule has 1 N–H and O–H groups in total. The molecule has 0 amide bonds. The summed E-state index contributed by atoms with van der Waals surface area (Å²) >= 11 is 0. The number of rotatable bonds is 4. The number of H-pyrrole nitrogens is 1. The fraction of sp³-hybridized carbons (Fsp3) is 0.294. The summed E-state index contributed by atoms with van der Waals surface area (Å²) in [6.07, 6.45) is 6.89. The van der Waals surface area contributed by atoms with E-state index < -0.39 is 0 Å². The molecule has 5 nitrogen and oxygen atoms in total. The Balaban J connectivity index is 1.44. The molecule has 1 atom stereocenters. The van der Waals surface area contributed by atoms with E-state index >= 15 is 0 Å². The van der Waals surface area contributed by atoms with E-state index in [1.54, 1.807) is 6.20 Å². The Morgan fingerprint density at radius 1 is 1.23 bits per heavy atom. The number of aromatic nitrogens is 3. The number of oxazole rings is 1. The second kappa shape index (κ2) is 5.77. The Kier molecular flexibility index (Phi) is 3.48. The minimum Gasteiger partial charge on any atom is -0.438 e. The van der Waals surface area contributed by atoms with Gasteiger partial charge in [0.1, 0.15) is 6.61 Å². The van der Waals surface area contributed by atoms with Gasteiger partial charge in [0.15, 0.2) is 5.76 Å². The molecule has 112 valence electrons. The average Bonchev–Trinajstić information content (AvgIpc) is 3.23. The average molecular weight is 295 g/mol. The molecule has 0 saturated heterocycles. The largest absolute Gasteiger partial charge is 0.438 e. The molecule has 0 saturated carbocycles. The van der Waals surface area contributed by atoms with Crippen LogP contribution in [0.3, 0.4) is 0 Å². The quantitative estimate of drug-likeness (QED) is 0.797. The van der Waals surface area contributed by atoms with Crippen LogP contribution in [-0.4, -0.2) is 15.2 Å². The zero-order chi connectivity index (χ0) is 14.8. The van der Waals surface area contributed by atoms with E-state index in [2.05, 4.69) is 15.2 Å². The molecule has 0 spiro atoms. The highest BCUT2D eigenvalue weighted by Gasteiger charge is 2.23. The van der Waals surface area contributed by atoms with E-state index in [0.29, 0.717) is 12.5 Å². The standard InChI is InChI=1S/C17H17N3O2/c1-2-5-12(6-3-1)15-10-18-16(22-15)11-21-14-8-4-7-13-9-19-20-17(13)14/h1-3,5-6,9-10,14H,4,7-8,11H2,(H,19,20). The second-order valence-electron chi connectivity index (χ2n) is 5.49. The number of nitrogens with zero attached hydrogens (tertiary/aromatic N) is 2. The maximum atomic E-state index is 5.98. The molecule has 0 radical (unpaired) electrons. The van der Waals surface area contributed by atoms with Gasteiger partial charge in [0, 0.05) is 5.56 Å². The zero-order valence-electron chi connectivity index (χ0n) is 12.2. The highest BCUT2D eigenvalue weighted by Crippen LogP contribution is 2.31. The molecular formula is C17H17N3O2. The Bertz CT molecular complexity index is 748.